The molecule has 0 aromatic carbocycles. The molecular weight excluding hydrogens is 320 g/mol. The Bertz CT molecular complexity index is 743. The van der Waals surface area contributed by atoms with Gasteiger partial charge < -0.3 is 15.1 Å². The van der Waals surface area contributed by atoms with E-state index in [1.807, 2.05) is 12.1 Å². The molecule has 8 nitrogen and oxygen atoms in total. The summed E-state index contributed by atoms with van der Waals surface area (Å²) in [5, 5.41) is 7.22. The van der Waals surface area contributed by atoms with Crippen molar-refractivity contribution in [2.45, 2.75) is 12.8 Å². The lowest BCUT2D eigenvalue weighted by atomic mass is 9.97. The van der Waals surface area contributed by atoms with E-state index >= 15 is 0 Å². The molecule has 3 rings (SSSR count). The maximum atomic E-state index is 12.5. The summed E-state index contributed by atoms with van der Waals surface area (Å²) in [5.41, 5.74) is 0.871. The highest BCUT2D eigenvalue weighted by Crippen LogP contribution is 2.19. The zero-order valence-electron chi connectivity index (χ0n) is 14.4. The van der Waals surface area contributed by atoms with Gasteiger partial charge in [-0.3, -0.25) is 9.78 Å². The largest absolute Gasteiger partial charge is 0.331 e. The number of aromatic nitrogens is 3. The quantitative estimate of drug-likeness (QED) is 0.918. The van der Waals surface area contributed by atoms with Crippen molar-refractivity contribution in [3.05, 3.63) is 36.8 Å². The number of likely N-dealkylation sites (tertiary alicyclic amines) is 1. The van der Waals surface area contributed by atoms with Crippen molar-refractivity contribution in [3.63, 3.8) is 0 Å². The van der Waals surface area contributed by atoms with Crippen LogP contribution in [0.15, 0.2) is 36.8 Å². The molecule has 25 heavy (non-hydrogen) atoms. The lowest BCUT2D eigenvalue weighted by Crippen LogP contribution is -2.47. The molecule has 2 aromatic rings. The van der Waals surface area contributed by atoms with Gasteiger partial charge in [0.2, 0.25) is 5.91 Å². The van der Waals surface area contributed by atoms with Crippen LogP contribution >= 0.6 is 0 Å². The number of urea groups is 1. The highest BCUT2D eigenvalue weighted by Gasteiger charge is 2.29. The molecule has 3 amide bonds. The molecule has 0 radical (unpaired) electrons. The molecule has 0 saturated carbocycles. The summed E-state index contributed by atoms with van der Waals surface area (Å²) in [4.78, 5) is 31.9. The van der Waals surface area contributed by atoms with Gasteiger partial charge in [0.15, 0.2) is 5.82 Å². The zero-order valence-corrected chi connectivity index (χ0v) is 14.4. The van der Waals surface area contributed by atoms with Crippen molar-refractivity contribution in [3.8, 4) is 5.69 Å². The molecule has 1 atom stereocenters. The van der Waals surface area contributed by atoms with Gasteiger partial charge in [0.1, 0.15) is 0 Å². The minimum absolute atomic E-state index is 0.0561. The summed E-state index contributed by atoms with van der Waals surface area (Å²) in [6.45, 7) is 1.13. The molecular formula is C17H22N6O2. The maximum absolute atomic E-state index is 12.5. The first-order valence-corrected chi connectivity index (χ1v) is 8.28. The lowest BCUT2D eigenvalue weighted by molar-refractivity contribution is -0.121. The number of hydrogen-bond acceptors (Lipinski definition) is 4. The number of nitrogens with one attached hydrogen (secondary N) is 1. The van der Waals surface area contributed by atoms with Crippen LogP contribution in [0.25, 0.3) is 5.69 Å². The number of amides is 3. The van der Waals surface area contributed by atoms with Crippen molar-refractivity contribution in [1.29, 1.82) is 0 Å². The van der Waals surface area contributed by atoms with Gasteiger partial charge in [-0.15, -0.1) is 0 Å². The normalized spacial score (nSPS) is 17.2. The van der Waals surface area contributed by atoms with E-state index in [-0.39, 0.29) is 17.9 Å². The predicted molar refractivity (Wildman–Crippen MR) is 93.4 cm³/mol. The summed E-state index contributed by atoms with van der Waals surface area (Å²) in [6.07, 6.45) is 6.76. The Hall–Kier alpha value is -2.90. The molecule has 2 aromatic heterocycles. The van der Waals surface area contributed by atoms with Crippen molar-refractivity contribution in [1.82, 2.24) is 24.6 Å². The number of carbonyl (C=O) groups is 2. The van der Waals surface area contributed by atoms with Crippen LogP contribution in [0.3, 0.4) is 0 Å². The number of piperidine rings is 1. The number of anilines is 1. The van der Waals surface area contributed by atoms with Crippen LogP contribution in [0, 0.1) is 5.92 Å². The highest BCUT2D eigenvalue weighted by atomic mass is 16.2. The smallest absolute Gasteiger partial charge is 0.319 e. The van der Waals surface area contributed by atoms with Crippen LogP contribution in [0.5, 0.6) is 0 Å². The fourth-order valence-electron chi connectivity index (χ4n) is 2.91. The zero-order chi connectivity index (χ0) is 17.8. The van der Waals surface area contributed by atoms with Gasteiger partial charge in [0.25, 0.3) is 0 Å². The molecule has 1 saturated heterocycles. The first kappa shape index (κ1) is 16.9. The van der Waals surface area contributed by atoms with Crippen molar-refractivity contribution < 1.29 is 9.59 Å². The Balaban J connectivity index is 1.62. The molecule has 1 fully saturated rings. The van der Waals surface area contributed by atoms with E-state index in [0.29, 0.717) is 18.9 Å². The fourth-order valence-corrected chi connectivity index (χ4v) is 2.91. The van der Waals surface area contributed by atoms with Crippen LogP contribution in [-0.4, -0.2) is 63.7 Å². The predicted octanol–water partition coefficient (Wildman–Crippen LogP) is 1.60. The van der Waals surface area contributed by atoms with Gasteiger partial charge in [0, 0.05) is 51.8 Å². The maximum Gasteiger partial charge on any atom is 0.319 e. The Morgan fingerprint density at radius 2 is 2.00 bits per heavy atom. The summed E-state index contributed by atoms with van der Waals surface area (Å²) < 4.78 is 1.68. The summed E-state index contributed by atoms with van der Waals surface area (Å²) >= 11 is 0. The molecule has 1 N–H and O–H groups in total. The molecule has 0 aliphatic carbocycles. The second kappa shape index (κ2) is 7.33. The molecule has 0 spiro atoms. The monoisotopic (exact) mass is 342 g/mol. The first-order valence-electron chi connectivity index (χ1n) is 8.28. The van der Waals surface area contributed by atoms with Gasteiger partial charge in [-0.25, -0.2) is 9.48 Å². The van der Waals surface area contributed by atoms with Gasteiger partial charge in [-0.2, -0.15) is 5.10 Å². The molecule has 132 valence electrons. The van der Waals surface area contributed by atoms with Gasteiger partial charge in [-0.1, -0.05) is 0 Å². The second-order valence-electron chi connectivity index (χ2n) is 6.30. The van der Waals surface area contributed by atoms with Crippen LogP contribution in [0.4, 0.5) is 10.6 Å². The molecule has 3 heterocycles. The Labute approximate surface area is 146 Å². The van der Waals surface area contributed by atoms with E-state index in [1.54, 1.807) is 48.3 Å². The molecule has 1 aliphatic rings. The minimum atomic E-state index is -0.219. The molecule has 0 bridgehead atoms. The van der Waals surface area contributed by atoms with Gasteiger partial charge >= 0.3 is 6.03 Å². The van der Waals surface area contributed by atoms with Crippen molar-refractivity contribution in [2.24, 2.45) is 5.92 Å². The summed E-state index contributed by atoms with van der Waals surface area (Å²) in [5.74, 6) is 0.179. The lowest BCUT2D eigenvalue weighted by Gasteiger charge is -2.33. The van der Waals surface area contributed by atoms with E-state index in [1.165, 1.54) is 4.90 Å². The molecule has 0 unspecified atom stereocenters. The number of rotatable bonds is 3. The number of nitrogens with zero attached hydrogens (tertiary/aromatic N) is 5. The summed E-state index contributed by atoms with van der Waals surface area (Å²) in [7, 11) is 3.44. The van der Waals surface area contributed by atoms with Gasteiger partial charge in [0.05, 0.1) is 11.6 Å². The molecule has 8 heteroatoms. The molecule has 1 aliphatic heterocycles. The second-order valence-corrected chi connectivity index (χ2v) is 6.30. The standard InChI is InChI=1S/C17H22N6O2/c1-21(2)17(25)22-10-3-4-13(12-22)16(24)19-15-7-11-23(20-15)14-5-8-18-9-6-14/h5-9,11,13H,3-4,10,12H2,1-2H3,(H,19,20,24)/t13-/m0/s1. The average Bonchev–Trinajstić information content (AvgIpc) is 3.10. The van der Waals surface area contributed by atoms with E-state index in [2.05, 4.69) is 15.4 Å². The highest BCUT2D eigenvalue weighted by molar-refractivity contribution is 5.92. The van der Waals surface area contributed by atoms with Gasteiger partial charge in [-0.05, 0) is 25.0 Å². The van der Waals surface area contributed by atoms with E-state index in [4.69, 9.17) is 0 Å². The SMILES string of the molecule is CN(C)C(=O)N1CCC[C@H](C(=O)Nc2ccn(-c3ccncc3)n2)C1. The third-order valence-electron chi connectivity index (χ3n) is 4.21. The van der Waals surface area contributed by atoms with Crippen LogP contribution in [-0.2, 0) is 4.79 Å². The topological polar surface area (TPSA) is 83.4 Å². The van der Waals surface area contributed by atoms with Crippen LogP contribution in [0.1, 0.15) is 12.8 Å². The van der Waals surface area contributed by atoms with Crippen molar-refractivity contribution in [2.75, 3.05) is 32.5 Å². The third kappa shape index (κ3) is 3.96. The third-order valence-corrected chi connectivity index (χ3v) is 4.21. The Kier molecular flexibility index (Phi) is 4.97. The number of carbonyl (C=O) groups excluding carboxylic acids is 2. The van der Waals surface area contributed by atoms with Crippen LogP contribution in [0.2, 0.25) is 0 Å². The van der Waals surface area contributed by atoms with Crippen LogP contribution < -0.4 is 5.32 Å². The fraction of sp³-hybridized carbons (Fsp3) is 0.412. The first-order chi connectivity index (χ1) is 12.0. The number of hydrogen-bond donors (Lipinski definition) is 1. The average molecular weight is 342 g/mol. The Morgan fingerprint density at radius 3 is 2.72 bits per heavy atom. The summed E-state index contributed by atoms with van der Waals surface area (Å²) in [6, 6.07) is 5.37. The van der Waals surface area contributed by atoms with E-state index in [0.717, 1.165) is 18.5 Å². The Morgan fingerprint density at radius 1 is 1.24 bits per heavy atom. The number of pyridine rings is 1. The van der Waals surface area contributed by atoms with E-state index < -0.39 is 0 Å². The minimum Gasteiger partial charge on any atom is -0.331 e. The van der Waals surface area contributed by atoms with Crippen molar-refractivity contribution >= 4 is 17.8 Å². The van der Waals surface area contributed by atoms with E-state index in [9.17, 15) is 9.59 Å².